The van der Waals surface area contributed by atoms with Crippen LogP contribution < -0.4 is 10.2 Å². The van der Waals surface area contributed by atoms with Gasteiger partial charge >= 0.3 is 6.03 Å². The number of anilines is 1. The molecule has 2 heterocycles. The SMILES string of the molecule is O=C(NCCN1CCOCC1)N1CCN(c2ccccc2)CC1. The maximum Gasteiger partial charge on any atom is 0.317 e. The van der Waals surface area contributed by atoms with Crippen LogP contribution in [0, 0.1) is 0 Å². The Labute approximate surface area is 138 Å². The zero-order chi connectivity index (χ0) is 15.9. The number of nitrogens with one attached hydrogen (secondary N) is 1. The van der Waals surface area contributed by atoms with Crippen molar-refractivity contribution in [2.75, 3.05) is 70.5 Å². The molecule has 0 radical (unpaired) electrons. The number of ether oxygens (including phenoxy) is 1. The molecule has 1 N–H and O–H groups in total. The van der Waals surface area contributed by atoms with Crippen LogP contribution in [0.5, 0.6) is 0 Å². The Morgan fingerprint density at radius 2 is 1.70 bits per heavy atom. The molecule has 0 atom stereocenters. The van der Waals surface area contributed by atoms with E-state index >= 15 is 0 Å². The van der Waals surface area contributed by atoms with Crippen molar-refractivity contribution >= 4 is 11.7 Å². The fraction of sp³-hybridized carbons (Fsp3) is 0.588. The molecule has 0 aliphatic carbocycles. The molecule has 3 rings (SSSR count). The van der Waals surface area contributed by atoms with Crippen LogP contribution in [-0.2, 0) is 4.74 Å². The molecule has 2 amide bonds. The van der Waals surface area contributed by atoms with Gasteiger partial charge in [0.15, 0.2) is 0 Å². The van der Waals surface area contributed by atoms with Crippen LogP contribution in [0.2, 0.25) is 0 Å². The fourth-order valence-electron chi connectivity index (χ4n) is 3.06. The van der Waals surface area contributed by atoms with Gasteiger partial charge in [-0.1, -0.05) is 18.2 Å². The van der Waals surface area contributed by atoms with E-state index in [1.807, 2.05) is 11.0 Å². The second-order valence-corrected chi connectivity index (χ2v) is 6.00. The maximum atomic E-state index is 12.2. The van der Waals surface area contributed by atoms with Gasteiger partial charge in [0.2, 0.25) is 0 Å². The zero-order valence-electron chi connectivity index (χ0n) is 13.6. The summed E-state index contributed by atoms with van der Waals surface area (Å²) in [6.07, 6.45) is 0. The summed E-state index contributed by atoms with van der Waals surface area (Å²) in [5, 5.41) is 3.04. The number of nitrogens with zero attached hydrogens (tertiary/aromatic N) is 3. The van der Waals surface area contributed by atoms with Gasteiger partial charge in [-0.25, -0.2) is 4.79 Å². The lowest BCUT2D eigenvalue weighted by atomic mass is 10.2. The number of morpholine rings is 1. The highest BCUT2D eigenvalue weighted by Gasteiger charge is 2.21. The normalized spacial score (nSPS) is 19.7. The summed E-state index contributed by atoms with van der Waals surface area (Å²) in [5.41, 5.74) is 1.24. The van der Waals surface area contributed by atoms with Gasteiger partial charge in [-0.3, -0.25) is 4.90 Å². The topological polar surface area (TPSA) is 48.1 Å². The molecule has 23 heavy (non-hydrogen) atoms. The number of hydrogen-bond donors (Lipinski definition) is 1. The van der Waals surface area contributed by atoms with Crippen molar-refractivity contribution in [2.45, 2.75) is 0 Å². The van der Waals surface area contributed by atoms with Gasteiger partial charge in [0.05, 0.1) is 13.2 Å². The summed E-state index contributed by atoms with van der Waals surface area (Å²) in [4.78, 5) is 18.8. The lowest BCUT2D eigenvalue weighted by Gasteiger charge is -2.36. The average Bonchev–Trinajstić information content (AvgIpc) is 2.63. The van der Waals surface area contributed by atoms with E-state index in [4.69, 9.17) is 4.74 Å². The number of urea groups is 1. The van der Waals surface area contributed by atoms with E-state index in [9.17, 15) is 4.79 Å². The molecule has 6 heteroatoms. The molecule has 2 fully saturated rings. The van der Waals surface area contributed by atoms with Gasteiger partial charge < -0.3 is 19.9 Å². The fourth-order valence-corrected chi connectivity index (χ4v) is 3.06. The minimum absolute atomic E-state index is 0.0611. The van der Waals surface area contributed by atoms with Gasteiger partial charge in [0.1, 0.15) is 0 Å². The van der Waals surface area contributed by atoms with Crippen molar-refractivity contribution in [1.29, 1.82) is 0 Å². The first-order chi connectivity index (χ1) is 11.3. The highest BCUT2D eigenvalue weighted by molar-refractivity contribution is 5.74. The molecule has 2 saturated heterocycles. The monoisotopic (exact) mass is 318 g/mol. The van der Waals surface area contributed by atoms with E-state index < -0.39 is 0 Å². The van der Waals surface area contributed by atoms with Crippen LogP contribution in [0.4, 0.5) is 10.5 Å². The smallest absolute Gasteiger partial charge is 0.317 e. The summed E-state index contributed by atoms with van der Waals surface area (Å²) in [6.45, 7) is 8.47. The maximum absolute atomic E-state index is 12.2. The summed E-state index contributed by atoms with van der Waals surface area (Å²) in [5.74, 6) is 0. The molecule has 0 aromatic heterocycles. The average molecular weight is 318 g/mol. The Bertz CT molecular complexity index is 483. The second kappa shape index (κ2) is 8.17. The molecule has 126 valence electrons. The van der Waals surface area contributed by atoms with E-state index in [0.717, 1.165) is 59.0 Å². The summed E-state index contributed by atoms with van der Waals surface area (Å²) < 4.78 is 5.33. The largest absolute Gasteiger partial charge is 0.379 e. The molecule has 2 aliphatic rings. The quantitative estimate of drug-likeness (QED) is 0.894. The van der Waals surface area contributed by atoms with E-state index in [0.29, 0.717) is 6.54 Å². The third-order valence-corrected chi connectivity index (χ3v) is 4.50. The van der Waals surface area contributed by atoms with Crippen LogP contribution in [0.3, 0.4) is 0 Å². The summed E-state index contributed by atoms with van der Waals surface area (Å²) in [6, 6.07) is 10.4. The number of carbonyl (C=O) groups excluding carboxylic acids is 1. The second-order valence-electron chi connectivity index (χ2n) is 6.00. The predicted octanol–water partition coefficient (Wildman–Crippen LogP) is 0.850. The number of benzene rings is 1. The highest BCUT2D eigenvalue weighted by atomic mass is 16.5. The first-order valence-electron chi connectivity index (χ1n) is 8.46. The van der Waals surface area contributed by atoms with Gasteiger partial charge in [-0.05, 0) is 12.1 Å². The Balaban J connectivity index is 1.36. The van der Waals surface area contributed by atoms with Gasteiger partial charge in [0, 0.05) is 58.0 Å². The Morgan fingerprint density at radius 3 is 2.39 bits per heavy atom. The number of carbonyl (C=O) groups is 1. The first-order valence-corrected chi connectivity index (χ1v) is 8.46. The van der Waals surface area contributed by atoms with E-state index in [2.05, 4.69) is 39.4 Å². The molecule has 0 bridgehead atoms. The zero-order valence-corrected chi connectivity index (χ0v) is 13.6. The number of rotatable bonds is 4. The lowest BCUT2D eigenvalue weighted by Crippen LogP contribution is -2.52. The third-order valence-electron chi connectivity index (χ3n) is 4.50. The van der Waals surface area contributed by atoms with Gasteiger partial charge in [0.25, 0.3) is 0 Å². The number of hydrogen-bond acceptors (Lipinski definition) is 4. The third kappa shape index (κ3) is 4.59. The first kappa shape index (κ1) is 16.1. The minimum atomic E-state index is 0.0611. The summed E-state index contributed by atoms with van der Waals surface area (Å²) >= 11 is 0. The molecule has 2 aliphatic heterocycles. The molecule has 0 saturated carbocycles. The number of amides is 2. The Morgan fingerprint density at radius 1 is 1.00 bits per heavy atom. The van der Waals surface area contributed by atoms with Crippen LogP contribution >= 0.6 is 0 Å². The van der Waals surface area contributed by atoms with Crippen molar-refractivity contribution in [1.82, 2.24) is 15.1 Å². The van der Waals surface area contributed by atoms with Crippen molar-refractivity contribution in [2.24, 2.45) is 0 Å². The molecular formula is C17H26N4O2. The van der Waals surface area contributed by atoms with Crippen molar-refractivity contribution in [3.63, 3.8) is 0 Å². The van der Waals surface area contributed by atoms with Crippen LogP contribution in [0.1, 0.15) is 0 Å². The summed E-state index contributed by atoms with van der Waals surface area (Å²) in [7, 11) is 0. The van der Waals surface area contributed by atoms with Crippen molar-refractivity contribution < 1.29 is 9.53 Å². The minimum Gasteiger partial charge on any atom is -0.379 e. The number of piperazine rings is 1. The van der Waals surface area contributed by atoms with E-state index in [-0.39, 0.29) is 6.03 Å². The molecule has 6 nitrogen and oxygen atoms in total. The van der Waals surface area contributed by atoms with Crippen LogP contribution in [-0.4, -0.2) is 81.4 Å². The Kier molecular flexibility index (Phi) is 5.71. The molecule has 1 aromatic rings. The van der Waals surface area contributed by atoms with Gasteiger partial charge in [-0.2, -0.15) is 0 Å². The molecule has 0 unspecified atom stereocenters. The standard InChI is InChI=1S/C17H26N4O2/c22-17(18-6-7-19-12-14-23-15-13-19)21-10-8-20(9-11-21)16-4-2-1-3-5-16/h1-5H,6-15H2,(H,18,22). The van der Waals surface area contributed by atoms with Crippen molar-refractivity contribution in [3.05, 3.63) is 30.3 Å². The highest BCUT2D eigenvalue weighted by Crippen LogP contribution is 2.15. The molecular weight excluding hydrogens is 292 g/mol. The van der Waals surface area contributed by atoms with Gasteiger partial charge in [-0.15, -0.1) is 0 Å². The Hall–Kier alpha value is -1.79. The van der Waals surface area contributed by atoms with Crippen LogP contribution in [0.15, 0.2) is 30.3 Å². The molecule has 0 spiro atoms. The molecule has 1 aromatic carbocycles. The van der Waals surface area contributed by atoms with Crippen molar-refractivity contribution in [3.8, 4) is 0 Å². The predicted molar refractivity (Wildman–Crippen MR) is 90.9 cm³/mol. The lowest BCUT2D eigenvalue weighted by molar-refractivity contribution is 0.0386. The van der Waals surface area contributed by atoms with E-state index in [1.165, 1.54) is 5.69 Å². The van der Waals surface area contributed by atoms with Crippen LogP contribution in [0.25, 0.3) is 0 Å². The number of para-hydroxylation sites is 1. The van der Waals surface area contributed by atoms with E-state index in [1.54, 1.807) is 0 Å².